The first-order valence-corrected chi connectivity index (χ1v) is 12.4. The monoisotopic (exact) mass is 541 g/mol. The van der Waals surface area contributed by atoms with E-state index in [1.807, 2.05) is 0 Å². The number of carboxylic acid groups (broad SMARTS) is 1. The second-order valence-electron chi connectivity index (χ2n) is 8.48. The molecule has 12 heteroatoms. The van der Waals surface area contributed by atoms with Crippen LogP contribution < -0.4 is 9.04 Å². The minimum atomic E-state index is -4.79. The standard InChI is InChI=1S/C25H20F5NO5S/c1-14-20(11-17(26)12-21(14)27)15-5-7-23-22(9-15)31(13-18(36-23)6-8-24(32)33)37(34,35)19-4-2-3-16(10-19)25(28,29)30/h2-5,7,9-12,18H,6,8,13H2,1H3,(H,32,33)/t18-/m0/s1. The number of sulfonamides is 1. The summed E-state index contributed by atoms with van der Waals surface area (Å²) in [6, 6.07) is 9.14. The van der Waals surface area contributed by atoms with Crippen LogP contribution in [-0.2, 0) is 21.0 Å². The van der Waals surface area contributed by atoms with E-state index < -0.39 is 56.9 Å². The lowest BCUT2D eigenvalue weighted by molar-refractivity contribution is -0.138. The van der Waals surface area contributed by atoms with Crippen molar-refractivity contribution >= 4 is 21.7 Å². The number of carbonyl (C=O) groups is 1. The number of aliphatic carboxylic acids is 1. The van der Waals surface area contributed by atoms with E-state index in [1.54, 1.807) is 0 Å². The summed E-state index contributed by atoms with van der Waals surface area (Å²) >= 11 is 0. The first-order valence-electron chi connectivity index (χ1n) is 11.0. The third-order valence-corrected chi connectivity index (χ3v) is 7.72. The van der Waals surface area contributed by atoms with Gasteiger partial charge < -0.3 is 9.84 Å². The van der Waals surface area contributed by atoms with Crippen molar-refractivity contribution in [2.45, 2.75) is 36.9 Å². The SMILES string of the molecule is Cc1c(F)cc(F)cc1-c1ccc2c(c1)N(S(=O)(=O)c1cccc(C(F)(F)F)c1)C[C@H](CCC(=O)O)O2. The van der Waals surface area contributed by atoms with Crippen LogP contribution in [0.5, 0.6) is 5.75 Å². The van der Waals surface area contributed by atoms with E-state index in [0.717, 1.165) is 28.6 Å². The summed E-state index contributed by atoms with van der Waals surface area (Å²) in [5.41, 5.74) is -0.740. The molecule has 4 rings (SSSR count). The molecule has 3 aromatic carbocycles. The van der Waals surface area contributed by atoms with Crippen LogP contribution in [0.4, 0.5) is 27.6 Å². The van der Waals surface area contributed by atoms with Crippen LogP contribution in [0.25, 0.3) is 11.1 Å². The third kappa shape index (κ3) is 5.38. The molecule has 0 saturated heterocycles. The molecule has 0 aliphatic carbocycles. The molecule has 0 radical (unpaired) electrons. The second-order valence-corrected chi connectivity index (χ2v) is 10.3. The lowest BCUT2D eigenvalue weighted by Crippen LogP contribution is -2.43. The Morgan fingerprint density at radius 3 is 2.51 bits per heavy atom. The molecule has 196 valence electrons. The number of fused-ring (bicyclic) bond motifs is 1. The Morgan fingerprint density at radius 2 is 1.84 bits per heavy atom. The molecule has 37 heavy (non-hydrogen) atoms. The summed E-state index contributed by atoms with van der Waals surface area (Å²) in [5, 5.41) is 9.03. The lowest BCUT2D eigenvalue weighted by atomic mass is 9.98. The molecule has 1 N–H and O–H groups in total. The maximum absolute atomic E-state index is 14.2. The quantitative estimate of drug-likeness (QED) is 0.400. The molecule has 1 heterocycles. The summed E-state index contributed by atoms with van der Waals surface area (Å²) in [7, 11) is -4.60. The molecule has 3 aromatic rings. The highest BCUT2D eigenvalue weighted by molar-refractivity contribution is 7.92. The second kappa shape index (κ2) is 9.66. The molecule has 0 bridgehead atoms. The number of carboxylic acids is 1. The normalized spacial score (nSPS) is 15.7. The van der Waals surface area contributed by atoms with Crippen LogP contribution in [0.1, 0.15) is 24.0 Å². The maximum Gasteiger partial charge on any atom is 0.416 e. The molecule has 1 aliphatic heterocycles. The van der Waals surface area contributed by atoms with Gasteiger partial charge in [-0.1, -0.05) is 12.1 Å². The van der Waals surface area contributed by atoms with Gasteiger partial charge in [-0.2, -0.15) is 13.2 Å². The number of hydrogen-bond acceptors (Lipinski definition) is 4. The average Bonchev–Trinajstić information content (AvgIpc) is 2.83. The first kappa shape index (κ1) is 26.4. The van der Waals surface area contributed by atoms with Gasteiger partial charge in [0.25, 0.3) is 10.0 Å². The van der Waals surface area contributed by atoms with Gasteiger partial charge in [-0.15, -0.1) is 0 Å². The Balaban J connectivity index is 1.85. The fourth-order valence-corrected chi connectivity index (χ4v) is 5.59. The summed E-state index contributed by atoms with van der Waals surface area (Å²) < 4.78 is 102. The van der Waals surface area contributed by atoms with E-state index in [0.29, 0.717) is 12.1 Å². The molecule has 6 nitrogen and oxygen atoms in total. The molecule has 0 aromatic heterocycles. The smallest absolute Gasteiger partial charge is 0.416 e. The number of ether oxygens (including phenoxy) is 1. The van der Waals surface area contributed by atoms with Crippen molar-refractivity contribution in [3.05, 3.63) is 77.4 Å². The molecule has 1 aliphatic rings. The highest BCUT2D eigenvalue weighted by Gasteiger charge is 2.37. The molecular formula is C25H20F5NO5S. The van der Waals surface area contributed by atoms with Crippen molar-refractivity contribution in [1.29, 1.82) is 0 Å². The Labute approximate surface area is 209 Å². The number of alkyl halides is 3. The highest BCUT2D eigenvalue weighted by atomic mass is 32.2. The van der Waals surface area contributed by atoms with Gasteiger partial charge in [0.15, 0.2) is 0 Å². The Hall–Kier alpha value is -3.67. The maximum atomic E-state index is 14.2. The van der Waals surface area contributed by atoms with Crippen molar-refractivity contribution in [2.24, 2.45) is 0 Å². The van der Waals surface area contributed by atoms with Crippen molar-refractivity contribution in [3.63, 3.8) is 0 Å². The molecular weight excluding hydrogens is 521 g/mol. The Bertz CT molecular complexity index is 1470. The van der Waals surface area contributed by atoms with E-state index in [4.69, 9.17) is 9.84 Å². The zero-order valence-corrected chi connectivity index (χ0v) is 20.0. The Kier molecular flexibility index (Phi) is 6.89. The highest BCUT2D eigenvalue weighted by Crippen LogP contribution is 2.42. The molecule has 0 unspecified atom stereocenters. The summed E-state index contributed by atoms with van der Waals surface area (Å²) in [6.07, 6.45) is -6.11. The lowest BCUT2D eigenvalue weighted by Gasteiger charge is -2.36. The summed E-state index contributed by atoms with van der Waals surface area (Å²) in [5.74, 6) is -2.78. The predicted octanol–water partition coefficient (Wildman–Crippen LogP) is 5.78. The van der Waals surface area contributed by atoms with Crippen molar-refractivity contribution in [1.82, 2.24) is 0 Å². The van der Waals surface area contributed by atoms with Gasteiger partial charge in [-0.25, -0.2) is 17.2 Å². The van der Waals surface area contributed by atoms with Gasteiger partial charge >= 0.3 is 12.1 Å². The largest absolute Gasteiger partial charge is 0.486 e. The summed E-state index contributed by atoms with van der Waals surface area (Å²) in [6.45, 7) is 1.03. The van der Waals surface area contributed by atoms with Gasteiger partial charge in [-0.05, 0) is 66.4 Å². The van der Waals surface area contributed by atoms with E-state index in [9.17, 15) is 35.2 Å². The van der Waals surface area contributed by atoms with Gasteiger partial charge in [0, 0.05) is 12.5 Å². The average molecular weight is 541 g/mol. The molecule has 0 saturated carbocycles. The first-order chi connectivity index (χ1) is 17.3. The number of halogens is 5. The van der Waals surface area contributed by atoms with E-state index in [-0.39, 0.29) is 41.0 Å². The Morgan fingerprint density at radius 1 is 1.11 bits per heavy atom. The number of hydrogen-bond donors (Lipinski definition) is 1. The molecule has 0 amide bonds. The van der Waals surface area contributed by atoms with Gasteiger partial charge in [-0.3, -0.25) is 9.10 Å². The minimum absolute atomic E-state index is 0.0236. The molecule has 0 fully saturated rings. The fraction of sp³-hybridized carbons (Fsp3) is 0.240. The van der Waals surface area contributed by atoms with Crippen LogP contribution in [0.2, 0.25) is 0 Å². The van der Waals surface area contributed by atoms with E-state index >= 15 is 0 Å². The van der Waals surface area contributed by atoms with Crippen LogP contribution in [0.15, 0.2) is 59.5 Å². The van der Waals surface area contributed by atoms with Gasteiger partial charge in [0.05, 0.1) is 22.7 Å². The third-order valence-electron chi connectivity index (χ3n) is 5.94. The zero-order chi connectivity index (χ0) is 27.1. The number of rotatable bonds is 6. The van der Waals surface area contributed by atoms with Crippen molar-refractivity contribution < 1.29 is 45.0 Å². The van der Waals surface area contributed by atoms with Gasteiger partial charge in [0.2, 0.25) is 0 Å². The zero-order valence-electron chi connectivity index (χ0n) is 19.2. The van der Waals surface area contributed by atoms with Gasteiger partial charge in [0.1, 0.15) is 23.5 Å². The van der Waals surface area contributed by atoms with Crippen LogP contribution in [0.3, 0.4) is 0 Å². The number of nitrogens with zero attached hydrogens (tertiary/aromatic N) is 1. The van der Waals surface area contributed by atoms with E-state index in [2.05, 4.69) is 0 Å². The molecule has 0 spiro atoms. The molecule has 1 atom stereocenters. The van der Waals surface area contributed by atoms with Crippen LogP contribution in [-0.4, -0.2) is 32.1 Å². The minimum Gasteiger partial charge on any atom is -0.486 e. The topological polar surface area (TPSA) is 83.9 Å². The van der Waals surface area contributed by atoms with Crippen LogP contribution in [0, 0.1) is 18.6 Å². The van der Waals surface area contributed by atoms with E-state index in [1.165, 1.54) is 25.1 Å². The van der Waals surface area contributed by atoms with Crippen molar-refractivity contribution in [3.8, 4) is 16.9 Å². The number of anilines is 1. The summed E-state index contributed by atoms with van der Waals surface area (Å²) in [4.78, 5) is 10.4. The fourth-order valence-electron chi connectivity index (χ4n) is 4.05. The van der Waals surface area contributed by atoms with Crippen LogP contribution >= 0.6 is 0 Å². The van der Waals surface area contributed by atoms with Crippen molar-refractivity contribution in [2.75, 3.05) is 10.8 Å². The predicted molar refractivity (Wildman–Crippen MR) is 124 cm³/mol. The number of benzene rings is 3.